The van der Waals surface area contributed by atoms with Crippen molar-refractivity contribution in [3.63, 3.8) is 0 Å². The van der Waals surface area contributed by atoms with Gasteiger partial charge in [-0.25, -0.2) is 4.79 Å². The highest BCUT2D eigenvalue weighted by molar-refractivity contribution is 6.01. The third-order valence-corrected chi connectivity index (χ3v) is 2.98. The highest BCUT2D eigenvalue weighted by Crippen LogP contribution is 2.17. The number of aryl methyl sites for hydroxylation is 2. The highest BCUT2D eigenvalue weighted by Gasteiger charge is 2.37. The summed E-state index contributed by atoms with van der Waals surface area (Å²) in [5, 5.41) is 15.2. The van der Waals surface area contributed by atoms with Crippen LogP contribution in [0.1, 0.15) is 21.8 Å². The molecule has 1 aliphatic rings. The van der Waals surface area contributed by atoms with E-state index < -0.39 is 23.8 Å². The van der Waals surface area contributed by atoms with Crippen LogP contribution >= 0.6 is 0 Å². The fourth-order valence-electron chi connectivity index (χ4n) is 2.01. The number of carbonyl (C=O) groups excluding carboxylic acids is 2. The molecule has 1 atom stereocenters. The second-order valence-electron chi connectivity index (χ2n) is 4.29. The van der Waals surface area contributed by atoms with Crippen LogP contribution in [0.15, 0.2) is 4.52 Å². The Morgan fingerprint density at radius 1 is 1.47 bits per heavy atom. The van der Waals surface area contributed by atoms with Gasteiger partial charge in [-0.2, -0.15) is 0 Å². The molecule has 8 heteroatoms. The Hall–Kier alpha value is -2.38. The fourth-order valence-corrected chi connectivity index (χ4v) is 2.01. The Bertz CT molecular complexity index is 531. The Morgan fingerprint density at radius 2 is 2.16 bits per heavy atom. The number of carbonyl (C=O) groups is 3. The number of aliphatic carboxylic acids is 1. The molecule has 1 aromatic heterocycles. The molecule has 1 saturated heterocycles. The van der Waals surface area contributed by atoms with Crippen molar-refractivity contribution in [2.75, 3.05) is 13.1 Å². The molecule has 2 amide bonds. The maximum Gasteiger partial charge on any atom is 0.328 e. The Morgan fingerprint density at radius 3 is 2.68 bits per heavy atom. The molecule has 1 unspecified atom stereocenters. The quantitative estimate of drug-likeness (QED) is 0.733. The van der Waals surface area contributed by atoms with Crippen LogP contribution in [0.3, 0.4) is 0 Å². The number of aromatic nitrogens is 1. The molecular weight excluding hydrogens is 254 g/mol. The molecule has 2 N–H and O–H groups in total. The SMILES string of the molecule is Cc1noc(C)c1C(=O)N1CC(=O)NCC1C(=O)O. The van der Waals surface area contributed by atoms with Crippen molar-refractivity contribution in [2.45, 2.75) is 19.9 Å². The second kappa shape index (κ2) is 4.71. The number of nitrogens with one attached hydrogen (secondary N) is 1. The molecule has 2 heterocycles. The van der Waals surface area contributed by atoms with Gasteiger partial charge >= 0.3 is 5.97 Å². The Kier molecular flexibility index (Phi) is 3.24. The first-order valence-corrected chi connectivity index (χ1v) is 5.65. The first-order valence-electron chi connectivity index (χ1n) is 5.65. The molecule has 0 spiro atoms. The lowest BCUT2D eigenvalue weighted by molar-refractivity contribution is -0.144. The molecule has 1 aromatic rings. The van der Waals surface area contributed by atoms with Gasteiger partial charge in [-0.05, 0) is 13.8 Å². The standard InChI is InChI=1S/C11H13N3O5/c1-5-9(6(2)19-13-5)10(16)14-4-8(15)12-3-7(14)11(17)18/h7H,3-4H2,1-2H3,(H,12,15)(H,17,18). The number of piperazine rings is 1. The minimum atomic E-state index is -1.17. The van der Waals surface area contributed by atoms with Gasteiger partial charge in [0.1, 0.15) is 23.9 Å². The Labute approximate surface area is 108 Å². The van der Waals surface area contributed by atoms with Crippen LogP contribution in [0.5, 0.6) is 0 Å². The lowest BCUT2D eigenvalue weighted by Crippen LogP contribution is -2.59. The van der Waals surface area contributed by atoms with Gasteiger partial charge in [0.25, 0.3) is 5.91 Å². The molecule has 0 bridgehead atoms. The largest absolute Gasteiger partial charge is 0.480 e. The van der Waals surface area contributed by atoms with Crippen molar-refractivity contribution in [1.82, 2.24) is 15.4 Å². The van der Waals surface area contributed by atoms with Gasteiger partial charge in [0.15, 0.2) is 0 Å². The molecule has 0 radical (unpaired) electrons. The number of carboxylic acids is 1. The minimum Gasteiger partial charge on any atom is -0.480 e. The van der Waals surface area contributed by atoms with E-state index in [9.17, 15) is 14.4 Å². The summed E-state index contributed by atoms with van der Waals surface area (Å²) in [5.74, 6) is -1.81. The van der Waals surface area contributed by atoms with Gasteiger partial charge in [-0.1, -0.05) is 5.16 Å². The molecule has 1 fully saturated rings. The zero-order valence-corrected chi connectivity index (χ0v) is 10.5. The molecule has 0 aromatic carbocycles. The third-order valence-electron chi connectivity index (χ3n) is 2.98. The minimum absolute atomic E-state index is 0.108. The number of hydrogen-bond donors (Lipinski definition) is 2. The summed E-state index contributed by atoms with van der Waals surface area (Å²) in [6.45, 7) is 2.75. The topological polar surface area (TPSA) is 113 Å². The fraction of sp³-hybridized carbons (Fsp3) is 0.455. The predicted molar refractivity (Wildman–Crippen MR) is 61.4 cm³/mol. The van der Waals surface area contributed by atoms with E-state index in [0.29, 0.717) is 11.5 Å². The van der Waals surface area contributed by atoms with E-state index in [1.807, 2.05) is 0 Å². The van der Waals surface area contributed by atoms with E-state index in [-0.39, 0.29) is 18.7 Å². The van der Waals surface area contributed by atoms with Crippen molar-refractivity contribution in [3.05, 3.63) is 17.0 Å². The van der Waals surface area contributed by atoms with Crippen molar-refractivity contribution in [1.29, 1.82) is 0 Å². The molecule has 0 aliphatic carbocycles. The molecule has 8 nitrogen and oxygen atoms in total. The summed E-state index contributed by atoms with van der Waals surface area (Å²) in [4.78, 5) is 35.8. The van der Waals surface area contributed by atoms with Crippen molar-refractivity contribution >= 4 is 17.8 Å². The molecule has 2 rings (SSSR count). The number of rotatable bonds is 2. The van der Waals surface area contributed by atoms with Crippen LogP contribution < -0.4 is 5.32 Å². The molecule has 102 valence electrons. The Balaban J connectivity index is 2.34. The average Bonchev–Trinajstić information content (AvgIpc) is 2.67. The van der Waals surface area contributed by atoms with Gasteiger partial charge in [-0.3, -0.25) is 9.59 Å². The van der Waals surface area contributed by atoms with Crippen LogP contribution in [0.4, 0.5) is 0 Å². The summed E-state index contributed by atoms with van der Waals surface area (Å²) >= 11 is 0. The van der Waals surface area contributed by atoms with Gasteiger partial charge in [0.2, 0.25) is 5.91 Å². The van der Waals surface area contributed by atoms with E-state index in [2.05, 4.69) is 10.5 Å². The molecule has 1 aliphatic heterocycles. The zero-order chi connectivity index (χ0) is 14.2. The number of hydrogen-bond acceptors (Lipinski definition) is 5. The summed E-state index contributed by atoms with van der Waals surface area (Å²) in [7, 11) is 0. The van der Waals surface area contributed by atoms with Gasteiger partial charge < -0.3 is 19.8 Å². The third kappa shape index (κ3) is 2.28. The summed E-state index contributed by atoms with van der Waals surface area (Å²) in [6, 6.07) is -1.08. The lowest BCUT2D eigenvalue weighted by atomic mass is 10.1. The average molecular weight is 267 g/mol. The predicted octanol–water partition coefficient (Wildman–Crippen LogP) is -0.683. The van der Waals surface area contributed by atoms with E-state index in [1.54, 1.807) is 13.8 Å². The van der Waals surface area contributed by atoms with Crippen LogP contribution in [-0.2, 0) is 9.59 Å². The monoisotopic (exact) mass is 267 g/mol. The number of nitrogens with zero attached hydrogens (tertiary/aromatic N) is 2. The number of amides is 2. The lowest BCUT2D eigenvalue weighted by Gasteiger charge is -2.32. The van der Waals surface area contributed by atoms with Crippen LogP contribution in [0.25, 0.3) is 0 Å². The van der Waals surface area contributed by atoms with Crippen molar-refractivity contribution in [3.8, 4) is 0 Å². The summed E-state index contributed by atoms with van der Waals surface area (Å²) < 4.78 is 4.88. The zero-order valence-electron chi connectivity index (χ0n) is 10.5. The summed E-state index contributed by atoms with van der Waals surface area (Å²) in [5.41, 5.74) is 0.582. The maximum atomic E-state index is 12.3. The van der Waals surface area contributed by atoms with E-state index in [4.69, 9.17) is 9.63 Å². The second-order valence-corrected chi connectivity index (χ2v) is 4.29. The summed E-state index contributed by atoms with van der Waals surface area (Å²) in [6.07, 6.45) is 0. The molecule has 19 heavy (non-hydrogen) atoms. The van der Waals surface area contributed by atoms with Crippen molar-refractivity contribution in [2.24, 2.45) is 0 Å². The first-order chi connectivity index (χ1) is 8.91. The van der Waals surface area contributed by atoms with Gasteiger partial charge in [0.05, 0.1) is 5.69 Å². The molecule has 0 saturated carbocycles. The number of carboxylic acid groups (broad SMARTS) is 1. The van der Waals surface area contributed by atoms with Gasteiger partial charge in [0, 0.05) is 6.54 Å². The van der Waals surface area contributed by atoms with Gasteiger partial charge in [-0.15, -0.1) is 0 Å². The smallest absolute Gasteiger partial charge is 0.328 e. The van der Waals surface area contributed by atoms with E-state index in [1.165, 1.54) is 0 Å². The van der Waals surface area contributed by atoms with E-state index >= 15 is 0 Å². The van der Waals surface area contributed by atoms with Crippen molar-refractivity contribution < 1.29 is 24.0 Å². The van der Waals surface area contributed by atoms with Crippen LogP contribution in [0.2, 0.25) is 0 Å². The maximum absolute atomic E-state index is 12.3. The van der Waals surface area contributed by atoms with Crippen LogP contribution in [-0.4, -0.2) is 52.1 Å². The molecular formula is C11H13N3O5. The van der Waals surface area contributed by atoms with E-state index in [0.717, 1.165) is 4.90 Å². The first kappa shape index (κ1) is 13.1. The highest BCUT2D eigenvalue weighted by atomic mass is 16.5. The van der Waals surface area contributed by atoms with Crippen LogP contribution in [0, 0.1) is 13.8 Å². The normalized spacial score (nSPS) is 19.2.